The molecule has 0 amide bonds. The summed E-state index contributed by atoms with van der Waals surface area (Å²) in [6.45, 7) is 3.70. The number of hydrogen-bond donors (Lipinski definition) is 2. The van der Waals surface area contributed by atoms with Gasteiger partial charge in [0.2, 0.25) is 0 Å². The van der Waals surface area contributed by atoms with Gasteiger partial charge in [-0.05, 0) is 38.5 Å². The van der Waals surface area contributed by atoms with Crippen molar-refractivity contribution in [3.63, 3.8) is 0 Å². The van der Waals surface area contributed by atoms with Crippen molar-refractivity contribution in [2.24, 2.45) is 5.73 Å². The van der Waals surface area contributed by atoms with Gasteiger partial charge in [-0.25, -0.2) is 4.57 Å². The maximum Gasteiger partial charge on any atom is 0.472 e. The van der Waals surface area contributed by atoms with Gasteiger partial charge >= 0.3 is 19.8 Å². The van der Waals surface area contributed by atoms with E-state index in [1.54, 1.807) is 0 Å². The molecule has 9 nitrogen and oxygen atoms in total. The third kappa shape index (κ3) is 34.4. The highest BCUT2D eigenvalue weighted by Gasteiger charge is 2.25. The molecule has 0 spiro atoms. The Kier molecular flexibility index (Phi) is 33.7. The van der Waals surface area contributed by atoms with E-state index in [1.165, 1.54) is 109 Å². The number of allylic oxidation sites excluding steroid dienone is 2. The van der Waals surface area contributed by atoms with Crippen molar-refractivity contribution in [2.75, 3.05) is 26.4 Å². The monoisotopic (exact) mass is 689 g/mol. The van der Waals surface area contributed by atoms with E-state index in [2.05, 4.69) is 26.0 Å². The van der Waals surface area contributed by atoms with Crippen LogP contribution in [0.1, 0.15) is 181 Å². The first-order chi connectivity index (χ1) is 22.8. The van der Waals surface area contributed by atoms with Crippen LogP contribution in [-0.2, 0) is 32.7 Å². The van der Waals surface area contributed by atoms with E-state index >= 15 is 0 Å². The average molecular weight is 690 g/mol. The van der Waals surface area contributed by atoms with Crippen molar-refractivity contribution in [1.82, 2.24) is 0 Å². The maximum atomic E-state index is 12.5. The number of esters is 2. The van der Waals surface area contributed by atoms with E-state index in [9.17, 15) is 19.0 Å². The van der Waals surface area contributed by atoms with Crippen LogP contribution in [0.25, 0.3) is 0 Å². The molecule has 0 heterocycles. The number of hydrogen-bond acceptors (Lipinski definition) is 8. The smallest absolute Gasteiger partial charge is 0.462 e. The van der Waals surface area contributed by atoms with Crippen LogP contribution in [0.5, 0.6) is 0 Å². The summed E-state index contributed by atoms with van der Waals surface area (Å²) in [5, 5.41) is 0. The first kappa shape index (κ1) is 45.8. The van der Waals surface area contributed by atoms with E-state index in [1.807, 2.05) is 0 Å². The average Bonchev–Trinajstić information content (AvgIpc) is 3.05. The molecule has 0 aromatic carbocycles. The quantitative estimate of drug-likeness (QED) is 0.0285. The lowest BCUT2D eigenvalue weighted by molar-refractivity contribution is -0.161. The Morgan fingerprint density at radius 2 is 1.04 bits per heavy atom. The molecule has 0 saturated heterocycles. The molecule has 0 aromatic heterocycles. The second-order valence-corrected chi connectivity index (χ2v) is 14.3. The van der Waals surface area contributed by atoms with Gasteiger partial charge in [-0.3, -0.25) is 18.6 Å². The minimum Gasteiger partial charge on any atom is -0.462 e. The molecule has 3 N–H and O–H groups in total. The van der Waals surface area contributed by atoms with Gasteiger partial charge in [-0.15, -0.1) is 0 Å². The summed E-state index contributed by atoms with van der Waals surface area (Å²) in [5.41, 5.74) is 5.33. The summed E-state index contributed by atoms with van der Waals surface area (Å²) in [4.78, 5) is 34.6. The van der Waals surface area contributed by atoms with E-state index in [4.69, 9.17) is 24.3 Å². The van der Waals surface area contributed by atoms with Crippen molar-refractivity contribution >= 4 is 19.8 Å². The van der Waals surface area contributed by atoms with Crippen LogP contribution in [0, 0.1) is 0 Å². The van der Waals surface area contributed by atoms with Crippen LogP contribution in [0.15, 0.2) is 12.2 Å². The number of rotatable bonds is 36. The van der Waals surface area contributed by atoms with E-state index < -0.39 is 26.5 Å². The molecule has 0 radical (unpaired) electrons. The van der Waals surface area contributed by atoms with E-state index in [-0.39, 0.29) is 38.6 Å². The molecule has 2 atom stereocenters. The lowest BCUT2D eigenvalue weighted by Gasteiger charge is -2.19. The Morgan fingerprint density at radius 1 is 0.617 bits per heavy atom. The van der Waals surface area contributed by atoms with Gasteiger partial charge in [0.15, 0.2) is 6.10 Å². The highest BCUT2D eigenvalue weighted by atomic mass is 31.2. The molecule has 47 heavy (non-hydrogen) atoms. The number of phosphoric ester groups is 1. The molecular formula is C37H72NO8P. The molecule has 278 valence electrons. The number of unbranched alkanes of at least 4 members (excludes halogenated alkanes) is 21. The second-order valence-electron chi connectivity index (χ2n) is 12.8. The number of carbonyl (C=O) groups is 2. The Bertz CT molecular complexity index is 794. The van der Waals surface area contributed by atoms with Gasteiger partial charge in [-0.1, -0.05) is 142 Å². The summed E-state index contributed by atoms with van der Waals surface area (Å²) in [6, 6.07) is 0. The SMILES string of the molecule is CCCCCCCCCCC/C=C/CCCCC(=O)O[C@H](COC(=O)CCCCCCCCCCCCC)COP(=O)(O)OCCN. The lowest BCUT2D eigenvalue weighted by Crippen LogP contribution is -2.29. The Morgan fingerprint density at radius 3 is 1.55 bits per heavy atom. The minimum absolute atomic E-state index is 0.0530. The van der Waals surface area contributed by atoms with Crippen molar-refractivity contribution in [3.8, 4) is 0 Å². The first-order valence-corrected chi connectivity index (χ1v) is 20.7. The van der Waals surface area contributed by atoms with Crippen LogP contribution < -0.4 is 5.73 Å². The summed E-state index contributed by atoms with van der Waals surface area (Å²) < 4.78 is 32.6. The molecule has 0 saturated carbocycles. The van der Waals surface area contributed by atoms with Crippen molar-refractivity contribution in [1.29, 1.82) is 0 Å². The summed E-state index contributed by atoms with van der Waals surface area (Å²) in [7, 11) is -4.37. The highest BCUT2D eigenvalue weighted by molar-refractivity contribution is 7.47. The number of carbonyl (C=O) groups excluding carboxylic acids is 2. The maximum absolute atomic E-state index is 12.5. The van der Waals surface area contributed by atoms with E-state index in [0.29, 0.717) is 6.42 Å². The number of phosphoric acid groups is 1. The number of nitrogens with two attached hydrogens (primary N) is 1. The van der Waals surface area contributed by atoms with Crippen LogP contribution in [0.3, 0.4) is 0 Å². The normalized spacial score (nSPS) is 13.5. The molecule has 0 rings (SSSR count). The zero-order chi connectivity index (χ0) is 34.7. The standard InChI is InChI=1S/C37H72NO8P/c1-3-5-7-9-11-13-15-16-17-18-20-22-24-26-28-30-37(40)46-35(34-45-47(41,42)44-32-31-38)33-43-36(39)29-27-25-23-21-19-14-12-10-8-6-4-2/h20,22,35H,3-19,21,23-34,38H2,1-2H3,(H,41,42)/b22-20+/t35-/m1/s1. The number of ether oxygens (including phenoxy) is 2. The summed E-state index contributed by atoms with van der Waals surface area (Å²) >= 11 is 0. The van der Waals surface area contributed by atoms with E-state index in [0.717, 1.165) is 38.5 Å². The Hall–Kier alpha value is -1.25. The lowest BCUT2D eigenvalue weighted by atomic mass is 10.1. The van der Waals surface area contributed by atoms with Crippen molar-refractivity contribution in [2.45, 2.75) is 187 Å². The van der Waals surface area contributed by atoms with Crippen LogP contribution in [-0.4, -0.2) is 49.3 Å². The van der Waals surface area contributed by atoms with Gasteiger partial charge in [0.05, 0.1) is 13.2 Å². The fraction of sp³-hybridized carbons (Fsp3) is 0.892. The molecular weight excluding hydrogens is 617 g/mol. The van der Waals surface area contributed by atoms with Gasteiger partial charge in [0.25, 0.3) is 0 Å². The van der Waals surface area contributed by atoms with Crippen molar-refractivity contribution < 1.29 is 37.6 Å². The molecule has 0 aliphatic carbocycles. The Balaban J connectivity index is 4.23. The summed E-state index contributed by atoms with van der Waals surface area (Å²) in [5.74, 6) is -0.850. The third-order valence-electron chi connectivity index (χ3n) is 8.15. The largest absolute Gasteiger partial charge is 0.472 e. The zero-order valence-corrected chi connectivity index (χ0v) is 31.2. The van der Waals surface area contributed by atoms with Crippen molar-refractivity contribution in [3.05, 3.63) is 12.2 Å². The van der Waals surface area contributed by atoms with Gasteiger partial charge in [-0.2, -0.15) is 0 Å². The molecule has 1 unspecified atom stereocenters. The zero-order valence-electron chi connectivity index (χ0n) is 30.3. The topological polar surface area (TPSA) is 134 Å². The van der Waals surface area contributed by atoms with Crippen LogP contribution >= 0.6 is 7.82 Å². The Labute approximate surface area is 288 Å². The van der Waals surface area contributed by atoms with Crippen LogP contribution in [0.2, 0.25) is 0 Å². The second kappa shape index (κ2) is 34.6. The fourth-order valence-electron chi connectivity index (χ4n) is 5.28. The van der Waals surface area contributed by atoms with Gasteiger partial charge in [0, 0.05) is 19.4 Å². The van der Waals surface area contributed by atoms with Gasteiger partial charge in [0.1, 0.15) is 6.61 Å². The predicted molar refractivity (Wildman–Crippen MR) is 192 cm³/mol. The summed E-state index contributed by atoms with van der Waals surface area (Å²) in [6.07, 6.45) is 32.4. The molecule has 0 fully saturated rings. The minimum atomic E-state index is -4.37. The third-order valence-corrected chi connectivity index (χ3v) is 9.14. The fourth-order valence-corrected chi connectivity index (χ4v) is 6.04. The van der Waals surface area contributed by atoms with Crippen LogP contribution in [0.4, 0.5) is 0 Å². The molecule has 10 heteroatoms. The first-order valence-electron chi connectivity index (χ1n) is 19.2. The van der Waals surface area contributed by atoms with Gasteiger partial charge < -0.3 is 20.1 Å². The molecule has 0 bridgehead atoms. The molecule has 0 aliphatic rings. The molecule has 0 aliphatic heterocycles. The highest BCUT2D eigenvalue weighted by Crippen LogP contribution is 2.43. The predicted octanol–water partition coefficient (Wildman–Crippen LogP) is 10.3. The molecule has 0 aromatic rings.